The summed E-state index contributed by atoms with van der Waals surface area (Å²) in [6.07, 6.45) is 3.00. The molecule has 0 bridgehead atoms. The second-order valence-corrected chi connectivity index (χ2v) is 10.1. The van der Waals surface area contributed by atoms with Gasteiger partial charge in [0, 0.05) is 37.6 Å². The van der Waals surface area contributed by atoms with Crippen LogP contribution in [0.4, 0.5) is 5.69 Å². The number of carbonyl (C=O) groups is 2. The number of aromatic amines is 1. The predicted molar refractivity (Wildman–Crippen MR) is 137 cm³/mol. The fourth-order valence-electron chi connectivity index (χ4n) is 4.11. The number of nitriles is 1. The van der Waals surface area contributed by atoms with Crippen molar-refractivity contribution in [1.82, 2.24) is 25.2 Å². The van der Waals surface area contributed by atoms with Gasteiger partial charge in [0.25, 0.3) is 5.91 Å². The molecule has 3 aromatic rings. The summed E-state index contributed by atoms with van der Waals surface area (Å²) in [4.78, 5) is 38.9. The van der Waals surface area contributed by atoms with E-state index >= 15 is 0 Å². The van der Waals surface area contributed by atoms with Crippen LogP contribution in [0.1, 0.15) is 54.9 Å². The minimum absolute atomic E-state index is 0.0377. The minimum atomic E-state index is -0.754. The third-order valence-corrected chi connectivity index (χ3v) is 6.40. The number of H-pyrrole nitrogens is 1. The summed E-state index contributed by atoms with van der Waals surface area (Å²) < 4.78 is 0. The highest BCUT2D eigenvalue weighted by atomic mass is 16.2. The highest BCUT2D eigenvalue weighted by Gasteiger charge is 2.33. The Hall–Kier alpha value is -4.26. The topological polar surface area (TPSA) is 151 Å². The van der Waals surface area contributed by atoms with Crippen molar-refractivity contribution in [2.75, 3.05) is 25.5 Å². The summed E-state index contributed by atoms with van der Waals surface area (Å²) in [5, 5.41) is 23.6. The first-order valence-electron chi connectivity index (χ1n) is 11.8. The van der Waals surface area contributed by atoms with Crippen molar-refractivity contribution >= 4 is 34.4 Å². The molecule has 1 fully saturated rings. The van der Waals surface area contributed by atoms with Gasteiger partial charge in [-0.25, -0.2) is 9.97 Å². The van der Waals surface area contributed by atoms with Gasteiger partial charge in [0.05, 0.1) is 29.5 Å². The zero-order valence-corrected chi connectivity index (χ0v) is 21.1. The van der Waals surface area contributed by atoms with E-state index in [0.29, 0.717) is 35.5 Å². The lowest BCUT2D eigenvalue weighted by molar-refractivity contribution is -0.137. The Bertz CT molecular complexity index is 1390. The molecule has 36 heavy (non-hydrogen) atoms. The smallest absolute Gasteiger partial charge is 0.255 e. The van der Waals surface area contributed by atoms with Crippen LogP contribution in [-0.4, -0.2) is 63.6 Å². The molecule has 0 unspecified atom stereocenters. The Balaban J connectivity index is 1.57. The van der Waals surface area contributed by atoms with Gasteiger partial charge >= 0.3 is 0 Å². The van der Waals surface area contributed by atoms with Gasteiger partial charge in [0.1, 0.15) is 17.3 Å². The molecule has 0 aliphatic carbocycles. The molecule has 10 heteroatoms. The molecule has 1 aliphatic rings. The van der Waals surface area contributed by atoms with Gasteiger partial charge in [-0.1, -0.05) is 32.9 Å². The summed E-state index contributed by atoms with van der Waals surface area (Å²) in [5.74, 6) is -0.855. The maximum absolute atomic E-state index is 13.0. The number of amides is 2. The van der Waals surface area contributed by atoms with Crippen molar-refractivity contribution in [1.29, 1.82) is 10.7 Å². The van der Waals surface area contributed by atoms with Gasteiger partial charge in [-0.3, -0.25) is 15.0 Å². The van der Waals surface area contributed by atoms with E-state index < -0.39 is 11.9 Å². The molecule has 2 amide bonds. The zero-order chi connectivity index (χ0) is 26.2. The molecular weight excluding hydrogens is 456 g/mol. The molecular formula is C26H30N8O2. The molecule has 1 atom stereocenters. The lowest BCUT2D eigenvalue weighted by Crippen LogP contribution is -2.55. The highest BCUT2D eigenvalue weighted by molar-refractivity contribution is 6.14. The third-order valence-electron chi connectivity index (χ3n) is 6.40. The molecule has 10 nitrogen and oxygen atoms in total. The number of likely N-dealkylation sites (tertiary alicyclic amines) is 1. The quantitative estimate of drug-likeness (QED) is 0.393. The molecule has 0 saturated carbocycles. The van der Waals surface area contributed by atoms with Crippen LogP contribution in [0, 0.1) is 22.7 Å². The SMILES string of the molecule is CNc1cc(C(C)(C)C)ccc1C(=N)c1cnc2[nH]cc(C(=O)N[C@H](C)C(=O)N3CC(C#N)C3)c2n1. The minimum Gasteiger partial charge on any atom is -0.388 e. The number of anilines is 1. The van der Waals surface area contributed by atoms with E-state index in [1.165, 1.54) is 12.4 Å². The van der Waals surface area contributed by atoms with Crippen molar-refractivity contribution in [3.05, 3.63) is 53.0 Å². The first kappa shape index (κ1) is 24.9. The Morgan fingerprint density at radius 2 is 2.00 bits per heavy atom. The van der Waals surface area contributed by atoms with Crippen LogP contribution < -0.4 is 10.6 Å². The first-order chi connectivity index (χ1) is 17.0. The molecule has 3 heterocycles. The number of benzene rings is 1. The number of nitrogens with one attached hydrogen (secondary N) is 4. The van der Waals surface area contributed by atoms with Crippen molar-refractivity contribution in [2.45, 2.75) is 39.2 Å². The molecule has 186 valence electrons. The average Bonchev–Trinajstić information content (AvgIpc) is 3.25. The zero-order valence-electron chi connectivity index (χ0n) is 21.1. The maximum Gasteiger partial charge on any atom is 0.255 e. The van der Waals surface area contributed by atoms with E-state index in [9.17, 15) is 9.59 Å². The molecule has 0 radical (unpaired) electrons. The molecule has 0 spiro atoms. The van der Waals surface area contributed by atoms with E-state index in [2.05, 4.69) is 52.4 Å². The Kier molecular flexibility index (Phi) is 6.50. The van der Waals surface area contributed by atoms with Crippen LogP contribution in [0.15, 0.2) is 30.6 Å². The monoisotopic (exact) mass is 486 g/mol. The van der Waals surface area contributed by atoms with Crippen molar-refractivity contribution in [3.63, 3.8) is 0 Å². The number of hydrogen-bond donors (Lipinski definition) is 4. The van der Waals surface area contributed by atoms with Gasteiger partial charge in [-0.15, -0.1) is 0 Å². The van der Waals surface area contributed by atoms with Crippen LogP contribution in [0.5, 0.6) is 0 Å². The van der Waals surface area contributed by atoms with Crippen LogP contribution in [0.25, 0.3) is 11.2 Å². The molecule has 4 rings (SSSR count). The highest BCUT2D eigenvalue weighted by Crippen LogP contribution is 2.28. The van der Waals surface area contributed by atoms with Crippen LogP contribution >= 0.6 is 0 Å². The van der Waals surface area contributed by atoms with Crippen LogP contribution in [0.3, 0.4) is 0 Å². The van der Waals surface area contributed by atoms with E-state index in [1.807, 2.05) is 25.2 Å². The number of fused-ring (bicyclic) bond motifs is 1. The fraction of sp³-hybridized carbons (Fsp3) is 0.385. The molecule has 1 aromatic carbocycles. The van der Waals surface area contributed by atoms with E-state index in [0.717, 1.165) is 11.3 Å². The predicted octanol–water partition coefficient (Wildman–Crippen LogP) is 2.81. The Morgan fingerprint density at radius 3 is 2.64 bits per heavy atom. The number of hydrogen-bond acceptors (Lipinski definition) is 7. The number of rotatable bonds is 6. The largest absolute Gasteiger partial charge is 0.388 e. The van der Waals surface area contributed by atoms with Gasteiger partial charge in [0.2, 0.25) is 5.91 Å². The van der Waals surface area contributed by atoms with Gasteiger partial charge in [-0.2, -0.15) is 5.26 Å². The van der Waals surface area contributed by atoms with E-state index in [1.54, 1.807) is 11.8 Å². The van der Waals surface area contributed by atoms with E-state index in [4.69, 9.17) is 10.7 Å². The van der Waals surface area contributed by atoms with Crippen molar-refractivity contribution < 1.29 is 9.59 Å². The number of nitrogens with zero attached hydrogens (tertiary/aromatic N) is 4. The molecule has 1 aliphatic heterocycles. The average molecular weight is 487 g/mol. The van der Waals surface area contributed by atoms with Crippen molar-refractivity contribution in [2.24, 2.45) is 5.92 Å². The van der Waals surface area contributed by atoms with Crippen LogP contribution in [0.2, 0.25) is 0 Å². The summed E-state index contributed by atoms with van der Waals surface area (Å²) in [7, 11) is 1.81. The lowest BCUT2D eigenvalue weighted by atomic mass is 9.85. The Morgan fingerprint density at radius 1 is 1.28 bits per heavy atom. The number of aromatic nitrogens is 3. The van der Waals surface area contributed by atoms with Gasteiger partial charge in [0.15, 0.2) is 5.65 Å². The lowest BCUT2D eigenvalue weighted by Gasteiger charge is -2.37. The summed E-state index contributed by atoms with van der Waals surface area (Å²) in [5.41, 5.74) is 4.04. The number of carbonyl (C=O) groups excluding carboxylic acids is 2. The maximum atomic E-state index is 13.0. The second kappa shape index (κ2) is 9.41. The molecule has 1 saturated heterocycles. The first-order valence-corrected chi connectivity index (χ1v) is 11.8. The van der Waals surface area contributed by atoms with Crippen molar-refractivity contribution in [3.8, 4) is 6.07 Å². The fourth-order valence-corrected chi connectivity index (χ4v) is 4.11. The molecule has 2 aromatic heterocycles. The summed E-state index contributed by atoms with van der Waals surface area (Å²) in [6, 6.07) is 7.30. The molecule has 4 N–H and O–H groups in total. The third kappa shape index (κ3) is 4.64. The van der Waals surface area contributed by atoms with Crippen LogP contribution in [-0.2, 0) is 10.2 Å². The Labute approximate surface area is 209 Å². The summed E-state index contributed by atoms with van der Waals surface area (Å²) in [6.45, 7) is 8.76. The van der Waals surface area contributed by atoms with E-state index in [-0.39, 0.29) is 28.5 Å². The van der Waals surface area contributed by atoms with Gasteiger partial charge in [-0.05, 0) is 24.0 Å². The summed E-state index contributed by atoms with van der Waals surface area (Å²) >= 11 is 0. The standard InChI is InChI=1S/C26H30N8O2/c1-14(25(36)34-12-15(9-27)13-34)32-24(35)18-10-30-23-22(18)33-20(11-31-23)21(28)17-7-6-16(26(2,3)4)8-19(17)29-5/h6-8,10-11,14-15,28-29H,12-13H2,1-5H3,(H,30,31)(H,32,35)/t14-/m1/s1. The van der Waals surface area contributed by atoms with Gasteiger partial charge < -0.3 is 20.5 Å². The normalized spacial score (nSPS) is 14.6. The second-order valence-electron chi connectivity index (χ2n) is 10.1.